The molecule has 0 bridgehead atoms. The Balaban J connectivity index is 1.76. The van der Waals surface area contributed by atoms with Gasteiger partial charge in [-0.3, -0.25) is 9.59 Å². The van der Waals surface area contributed by atoms with Gasteiger partial charge in [-0.1, -0.05) is 12.1 Å². The first kappa shape index (κ1) is 23.8. The van der Waals surface area contributed by atoms with Crippen molar-refractivity contribution in [1.82, 2.24) is 9.80 Å². The maximum atomic E-state index is 13.2. The predicted octanol–water partition coefficient (Wildman–Crippen LogP) is 3.78. The molecule has 0 radical (unpaired) electrons. The van der Waals surface area contributed by atoms with Crippen molar-refractivity contribution in [3.63, 3.8) is 0 Å². The molecule has 1 saturated heterocycles. The fourth-order valence-electron chi connectivity index (χ4n) is 4.59. The summed E-state index contributed by atoms with van der Waals surface area (Å²) in [6.45, 7) is 4.33. The number of ketones is 1. The van der Waals surface area contributed by atoms with Crippen LogP contribution in [0.1, 0.15) is 42.5 Å². The molecule has 1 N–H and O–H groups in total. The molecule has 2 aliphatic rings. The van der Waals surface area contributed by atoms with Crippen LogP contribution in [0, 0.1) is 0 Å². The minimum absolute atomic E-state index is 0.121. The number of rotatable bonds is 8. The first-order valence-electron chi connectivity index (χ1n) is 11.8. The average molecular weight is 465 g/mol. The van der Waals surface area contributed by atoms with Crippen LogP contribution in [-0.4, -0.2) is 67.0 Å². The van der Waals surface area contributed by atoms with Crippen molar-refractivity contribution >= 4 is 17.4 Å². The van der Waals surface area contributed by atoms with E-state index in [0.29, 0.717) is 37.5 Å². The Bertz CT molecular complexity index is 1090. The third-order valence-corrected chi connectivity index (χ3v) is 6.23. The summed E-state index contributed by atoms with van der Waals surface area (Å²) in [5.74, 6) is 0.122. The van der Waals surface area contributed by atoms with Crippen molar-refractivity contribution in [2.24, 2.45) is 0 Å². The van der Waals surface area contributed by atoms with Crippen LogP contribution in [0.15, 0.2) is 48.0 Å². The molecule has 7 heteroatoms. The molecular formula is C27H32N2O5. The summed E-state index contributed by atoms with van der Waals surface area (Å²) in [5, 5.41) is 11.3. The van der Waals surface area contributed by atoms with Gasteiger partial charge in [0.05, 0.1) is 24.8 Å². The Kier molecular flexibility index (Phi) is 7.22. The Morgan fingerprint density at radius 1 is 1.18 bits per heavy atom. The van der Waals surface area contributed by atoms with E-state index >= 15 is 0 Å². The van der Waals surface area contributed by atoms with Gasteiger partial charge in [0.1, 0.15) is 17.3 Å². The zero-order valence-corrected chi connectivity index (χ0v) is 20.0. The van der Waals surface area contributed by atoms with Crippen molar-refractivity contribution in [3.05, 3.63) is 64.7 Å². The summed E-state index contributed by atoms with van der Waals surface area (Å²) in [7, 11) is 3.94. The Morgan fingerprint density at radius 2 is 1.94 bits per heavy atom. The molecule has 7 nitrogen and oxygen atoms in total. The summed E-state index contributed by atoms with van der Waals surface area (Å²) in [6, 6.07) is 12.1. The highest BCUT2D eigenvalue weighted by Gasteiger charge is 2.45. The molecular weight excluding hydrogens is 432 g/mol. The summed E-state index contributed by atoms with van der Waals surface area (Å²) in [4.78, 5) is 29.9. The molecule has 0 aromatic heterocycles. The van der Waals surface area contributed by atoms with Gasteiger partial charge in [0.2, 0.25) is 0 Å². The molecule has 0 aliphatic carbocycles. The third-order valence-electron chi connectivity index (χ3n) is 6.23. The number of benzene rings is 2. The minimum atomic E-state index is -0.662. The van der Waals surface area contributed by atoms with Crippen LogP contribution in [0.3, 0.4) is 0 Å². The molecule has 2 heterocycles. The number of nitrogens with zero attached hydrogens (tertiary/aromatic N) is 2. The number of carbonyl (C=O) groups excluding carboxylic acids is 2. The summed E-state index contributed by atoms with van der Waals surface area (Å²) in [5.41, 5.74) is 2.39. The quantitative estimate of drug-likeness (QED) is 0.364. The fourth-order valence-corrected chi connectivity index (χ4v) is 4.59. The molecule has 1 amide bonds. The highest BCUT2D eigenvalue weighted by molar-refractivity contribution is 6.46. The molecule has 1 atom stereocenters. The number of aliphatic hydroxyl groups is 1. The number of fused-ring (bicyclic) bond motifs is 1. The normalized spacial score (nSPS) is 19.3. The zero-order chi connectivity index (χ0) is 24.2. The number of likely N-dealkylation sites (tertiary alicyclic amines) is 1. The second-order valence-corrected chi connectivity index (χ2v) is 8.93. The molecule has 34 heavy (non-hydrogen) atoms. The number of amides is 1. The van der Waals surface area contributed by atoms with Gasteiger partial charge in [-0.2, -0.15) is 0 Å². The van der Waals surface area contributed by atoms with Crippen molar-refractivity contribution < 1.29 is 24.2 Å². The number of aliphatic hydroxyl groups excluding tert-OH is 1. The molecule has 0 spiro atoms. The average Bonchev–Trinajstić information content (AvgIpc) is 3.09. The SMILES string of the molecule is CCOc1ccc(C2/C(=C(/O)c3ccc4c(c3)CCCO4)C(=O)C(=O)N2CCCN(C)C)cc1. The maximum absolute atomic E-state index is 13.2. The summed E-state index contributed by atoms with van der Waals surface area (Å²) in [6.07, 6.45) is 2.46. The lowest BCUT2D eigenvalue weighted by Crippen LogP contribution is -2.32. The van der Waals surface area contributed by atoms with E-state index in [4.69, 9.17) is 9.47 Å². The second kappa shape index (κ2) is 10.3. The van der Waals surface area contributed by atoms with Gasteiger partial charge in [-0.05, 0) is 88.3 Å². The van der Waals surface area contributed by atoms with Gasteiger partial charge in [-0.15, -0.1) is 0 Å². The van der Waals surface area contributed by atoms with Crippen molar-refractivity contribution in [2.45, 2.75) is 32.2 Å². The van der Waals surface area contributed by atoms with E-state index in [1.165, 1.54) is 0 Å². The van der Waals surface area contributed by atoms with E-state index in [1.54, 1.807) is 11.0 Å². The molecule has 180 valence electrons. The van der Waals surface area contributed by atoms with Crippen LogP contribution in [-0.2, 0) is 16.0 Å². The highest BCUT2D eigenvalue weighted by Crippen LogP contribution is 2.40. The fraction of sp³-hybridized carbons (Fsp3) is 0.407. The van der Waals surface area contributed by atoms with Crippen LogP contribution < -0.4 is 9.47 Å². The van der Waals surface area contributed by atoms with E-state index in [0.717, 1.165) is 36.3 Å². The molecule has 4 rings (SSSR count). The van der Waals surface area contributed by atoms with Crippen molar-refractivity contribution in [2.75, 3.05) is 40.4 Å². The largest absolute Gasteiger partial charge is 0.507 e. The molecule has 2 aliphatic heterocycles. The van der Waals surface area contributed by atoms with Gasteiger partial charge in [0, 0.05) is 12.1 Å². The number of hydrogen-bond acceptors (Lipinski definition) is 6. The smallest absolute Gasteiger partial charge is 0.295 e. The standard InChI is InChI=1S/C27H32N2O5/c1-4-33-21-11-8-18(9-12-21)24-23(26(31)27(32)29(24)15-6-14-28(2)3)25(30)20-10-13-22-19(17-20)7-5-16-34-22/h8-13,17,24,30H,4-7,14-16H2,1-3H3/b25-23-. The lowest BCUT2D eigenvalue weighted by atomic mass is 9.94. The van der Waals surface area contributed by atoms with Crippen LogP contribution in [0.4, 0.5) is 0 Å². The monoisotopic (exact) mass is 464 g/mol. The maximum Gasteiger partial charge on any atom is 0.295 e. The van der Waals surface area contributed by atoms with Crippen LogP contribution in [0.2, 0.25) is 0 Å². The van der Waals surface area contributed by atoms with E-state index in [-0.39, 0.29) is 11.3 Å². The van der Waals surface area contributed by atoms with Crippen molar-refractivity contribution in [3.8, 4) is 11.5 Å². The van der Waals surface area contributed by atoms with Crippen molar-refractivity contribution in [1.29, 1.82) is 0 Å². The first-order valence-corrected chi connectivity index (χ1v) is 11.8. The molecule has 2 aromatic rings. The van der Waals surface area contributed by atoms with E-state index in [9.17, 15) is 14.7 Å². The van der Waals surface area contributed by atoms with E-state index < -0.39 is 17.7 Å². The van der Waals surface area contributed by atoms with Crippen LogP contribution >= 0.6 is 0 Å². The number of Topliss-reactive ketones (excluding diaryl/α,β-unsaturated/α-hetero) is 1. The number of carbonyl (C=O) groups is 2. The minimum Gasteiger partial charge on any atom is -0.507 e. The number of aryl methyl sites for hydroxylation is 1. The van der Waals surface area contributed by atoms with Gasteiger partial charge in [-0.25, -0.2) is 0 Å². The van der Waals surface area contributed by atoms with Gasteiger partial charge in [0.15, 0.2) is 0 Å². The molecule has 1 fully saturated rings. The third kappa shape index (κ3) is 4.80. The molecule has 0 saturated carbocycles. The lowest BCUT2D eigenvalue weighted by Gasteiger charge is -2.26. The van der Waals surface area contributed by atoms with Gasteiger partial charge >= 0.3 is 0 Å². The highest BCUT2D eigenvalue weighted by atomic mass is 16.5. The number of ether oxygens (including phenoxy) is 2. The van der Waals surface area contributed by atoms with Crippen LogP contribution in [0.25, 0.3) is 5.76 Å². The van der Waals surface area contributed by atoms with E-state index in [1.807, 2.05) is 62.3 Å². The lowest BCUT2D eigenvalue weighted by molar-refractivity contribution is -0.139. The molecule has 2 aromatic carbocycles. The Hall–Kier alpha value is -3.32. The van der Waals surface area contributed by atoms with Gasteiger partial charge < -0.3 is 24.4 Å². The summed E-state index contributed by atoms with van der Waals surface area (Å²) < 4.78 is 11.2. The topological polar surface area (TPSA) is 79.3 Å². The number of hydrogen-bond donors (Lipinski definition) is 1. The Labute approximate surface area is 200 Å². The van der Waals surface area contributed by atoms with E-state index in [2.05, 4.69) is 0 Å². The first-order chi connectivity index (χ1) is 16.4. The Morgan fingerprint density at radius 3 is 2.65 bits per heavy atom. The summed E-state index contributed by atoms with van der Waals surface area (Å²) >= 11 is 0. The van der Waals surface area contributed by atoms with Gasteiger partial charge in [0.25, 0.3) is 11.7 Å². The second-order valence-electron chi connectivity index (χ2n) is 8.93. The van der Waals surface area contributed by atoms with Crippen LogP contribution in [0.5, 0.6) is 11.5 Å². The molecule has 1 unspecified atom stereocenters. The predicted molar refractivity (Wildman–Crippen MR) is 130 cm³/mol. The zero-order valence-electron chi connectivity index (χ0n) is 20.0.